The quantitative estimate of drug-likeness (QED) is 0.542. The molecule has 0 saturated carbocycles. The summed E-state index contributed by atoms with van der Waals surface area (Å²) in [7, 11) is 0. The summed E-state index contributed by atoms with van der Waals surface area (Å²) in [6.07, 6.45) is 1.77. The molecule has 128 valence electrons. The number of hydrogen-bond donors (Lipinski definition) is 1. The Kier molecular flexibility index (Phi) is 7.27. The van der Waals surface area contributed by atoms with Gasteiger partial charge in [-0.1, -0.05) is 59.5 Å². The van der Waals surface area contributed by atoms with E-state index in [1.165, 1.54) is 23.1 Å². The summed E-state index contributed by atoms with van der Waals surface area (Å²) in [6, 6.07) is 9.83. The first-order valence-corrected chi connectivity index (χ1v) is 9.57. The molecule has 0 fully saturated rings. The van der Waals surface area contributed by atoms with Gasteiger partial charge in [-0.25, -0.2) is 0 Å². The van der Waals surface area contributed by atoms with Crippen LogP contribution in [0.3, 0.4) is 0 Å². The number of hydrogen-bond acceptors (Lipinski definition) is 6. The Morgan fingerprint density at radius 1 is 1.33 bits per heavy atom. The summed E-state index contributed by atoms with van der Waals surface area (Å²) >= 11 is 2.90. The van der Waals surface area contributed by atoms with Crippen LogP contribution in [0, 0.1) is 0 Å². The molecule has 1 heterocycles. The Labute approximate surface area is 151 Å². The van der Waals surface area contributed by atoms with Crippen molar-refractivity contribution in [2.24, 2.45) is 0 Å². The largest absolute Gasteiger partial charge is 0.357 e. The third kappa shape index (κ3) is 4.82. The first-order chi connectivity index (χ1) is 11.7. The highest BCUT2D eigenvalue weighted by atomic mass is 32.2. The maximum atomic E-state index is 12.9. The minimum atomic E-state index is -0.314. The number of carbonyl (C=O) groups excluding carboxylic acids is 1. The van der Waals surface area contributed by atoms with Gasteiger partial charge in [0.25, 0.3) is 0 Å². The number of benzene rings is 1. The summed E-state index contributed by atoms with van der Waals surface area (Å²) in [4.78, 5) is 14.8. The monoisotopic (exact) mass is 362 g/mol. The second-order valence-corrected chi connectivity index (χ2v) is 7.29. The molecule has 2 rings (SSSR count). The van der Waals surface area contributed by atoms with Gasteiger partial charge < -0.3 is 10.2 Å². The maximum absolute atomic E-state index is 12.9. The number of nitrogens with zero attached hydrogens (tertiary/aromatic N) is 3. The molecule has 1 amide bonds. The Balaban J connectivity index is 2.21. The summed E-state index contributed by atoms with van der Waals surface area (Å²) in [5.41, 5.74) is 0.982. The predicted molar refractivity (Wildman–Crippen MR) is 102 cm³/mol. The molecule has 7 heteroatoms. The van der Waals surface area contributed by atoms with Crippen molar-refractivity contribution >= 4 is 34.1 Å². The first-order valence-electron chi connectivity index (χ1n) is 7.88. The van der Waals surface area contributed by atoms with Gasteiger partial charge in [-0.2, -0.15) is 0 Å². The van der Waals surface area contributed by atoms with Crippen molar-refractivity contribution in [3.63, 3.8) is 0 Å². The van der Waals surface area contributed by atoms with Gasteiger partial charge in [-0.3, -0.25) is 4.79 Å². The van der Waals surface area contributed by atoms with Gasteiger partial charge in [0.1, 0.15) is 5.25 Å². The number of rotatable bonds is 9. The van der Waals surface area contributed by atoms with Gasteiger partial charge in [-0.05, 0) is 19.4 Å². The van der Waals surface area contributed by atoms with E-state index in [0.29, 0.717) is 19.6 Å². The zero-order valence-corrected chi connectivity index (χ0v) is 15.6. The van der Waals surface area contributed by atoms with Crippen molar-refractivity contribution in [1.29, 1.82) is 0 Å². The van der Waals surface area contributed by atoms with Crippen LogP contribution in [-0.4, -0.2) is 40.6 Å². The standard InChI is InChI=1S/C17H22N4OS2/c1-4-12-18-16-19-20-17(24-16)23-14(13-10-8-7-9-11-13)15(22)21(5-2)6-3/h4,7-11,14H,1,5-6,12H2,2-3H3,(H,18,19)/t14-/m1/s1. The molecule has 0 saturated heterocycles. The molecule has 1 atom stereocenters. The lowest BCUT2D eigenvalue weighted by Crippen LogP contribution is -2.33. The normalized spacial score (nSPS) is 11.8. The molecule has 1 N–H and O–H groups in total. The van der Waals surface area contributed by atoms with Gasteiger partial charge in [-0.15, -0.1) is 16.8 Å². The molecule has 5 nitrogen and oxygen atoms in total. The van der Waals surface area contributed by atoms with Crippen LogP contribution >= 0.6 is 23.1 Å². The van der Waals surface area contributed by atoms with Gasteiger partial charge >= 0.3 is 0 Å². The average Bonchev–Trinajstić information content (AvgIpc) is 3.07. The molecule has 0 bridgehead atoms. The van der Waals surface area contributed by atoms with Crippen molar-refractivity contribution in [2.45, 2.75) is 23.4 Å². The molecular formula is C17H22N4OS2. The van der Waals surface area contributed by atoms with E-state index in [1.54, 1.807) is 6.08 Å². The molecule has 0 aliphatic heterocycles. The molecule has 0 spiro atoms. The van der Waals surface area contributed by atoms with Crippen LogP contribution in [0.4, 0.5) is 5.13 Å². The fourth-order valence-corrected chi connectivity index (χ4v) is 4.21. The molecule has 0 aliphatic rings. The number of thioether (sulfide) groups is 1. The maximum Gasteiger partial charge on any atom is 0.240 e. The molecule has 1 aromatic heterocycles. The third-order valence-electron chi connectivity index (χ3n) is 3.42. The summed E-state index contributed by atoms with van der Waals surface area (Å²) in [6.45, 7) is 9.69. The Bertz CT molecular complexity index is 656. The van der Waals surface area contributed by atoms with Crippen LogP contribution in [0.15, 0.2) is 47.3 Å². The molecular weight excluding hydrogens is 340 g/mol. The Morgan fingerprint density at radius 3 is 2.67 bits per heavy atom. The number of anilines is 1. The predicted octanol–water partition coefficient (Wildman–Crippen LogP) is 3.84. The Hall–Kier alpha value is -1.86. The minimum Gasteiger partial charge on any atom is -0.357 e. The van der Waals surface area contributed by atoms with Gasteiger partial charge in [0.05, 0.1) is 0 Å². The molecule has 0 unspecified atom stereocenters. The zero-order valence-electron chi connectivity index (χ0n) is 13.9. The van der Waals surface area contributed by atoms with E-state index in [1.807, 2.05) is 49.1 Å². The van der Waals surface area contributed by atoms with Crippen LogP contribution in [-0.2, 0) is 4.79 Å². The van der Waals surface area contributed by atoms with Gasteiger partial charge in [0.2, 0.25) is 11.0 Å². The molecule has 24 heavy (non-hydrogen) atoms. The van der Waals surface area contributed by atoms with E-state index in [-0.39, 0.29) is 11.2 Å². The van der Waals surface area contributed by atoms with Crippen LogP contribution in [0.25, 0.3) is 0 Å². The van der Waals surface area contributed by atoms with Crippen molar-refractivity contribution in [1.82, 2.24) is 15.1 Å². The number of nitrogens with one attached hydrogen (secondary N) is 1. The summed E-state index contributed by atoms with van der Waals surface area (Å²) in [5.74, 6) is 0.104. The van der Waals surface area contributed by atoms with Crippen LogP contribution in [0.5, 0.6) is 0 Å². The molecule has 2 aromatic rings. The molecule has 0 radical (unpaired) electrons. The lowest BCUT2D eigenvalue weighted by atomic mass is 10.1. The second-order valence-electron chi connectivity index (χ2n) is 4.96. The van der Waals surface area contributed by atoms with Crippen molar-refractivity contribution < 1.29 is 4.79 Å². The highest BCUT2D eigenvalue weighted by Gasteiger charge is 2.27. The number of likely N-dealkylation sites (N-methyl/N-ethyl adjacent to an activating group) is 1. The number of carbonyl (C=O) groups is 1. The van der Waals surface area contributed by atoms with E-state index < -0.39 is 0 Å². The van der Waals surface area contributed by atoms with Gasteiger partial charge in [0, 0.05) is 19.6 Å². The van der Waals surface area contributed by atoms with E-state index in [4.69, 9.17) is 0 Å². The average molecular weight is 363 g/mol. The van der Waals surface area contributed by atoms with Gasteiger partial charge in [0.15, 0.2) is 4.34 Å². The zero-order chi connectivity index (χ0) is 17.4. The van der Waals surface area contributed by atoms with Crippen LogP contribution in [0.1, 0.15) is 24.7 Å². The van der Waals surface area contributed by atoms with E-state index in [2.05, 4.69) is 22.1 Å². The lowest BCUT2D eigenvalue weighted by molar-refractivity contribution is -0.130. The summed E-state index contributed by atoms with van der Waals surface area (Å²) < 4.78 is 0.774. The van der Waals surface area contributed by atoms with E-state index in [0.717, 1.165) is 15.0 Å². The SMILES string of the molecule is C=CCNc1nnc(S[C@@H](C(=O)N(CC)CC)c2ccccc2)s1. The fraction of sp³-hybridized carbons (Fsp3) is 0.353. The van der Waals surface area contributed by atoms with E-state index in [9.17, 15) is 4.79 Å². The highest BCUT2D eigenvalue weighted by molar-refractivity contribution is 8.01. The molecule has 0 aliphatic carbocycles. The first kappa shape index (κ1) is 18.5. The number of aromatic nitrogens is 2. The van der Waals surface area contributed by atoms with Crippen molar-refractivity contribution in [3.05, 3.63) is 48.6 Å². The van der Waals surface area contributed by atoms with E-state index >= 15 is 0 Å². The number of amides is 1. The van der Waals surface area contributed by atoms with Crippen LogP contribution in [0.2, 0.25) is 0 Å². The third-order valence-corrected chi connectivity index (χ3v) is 5.63. The second kappa shape index (κ2) is 9.44. The van der Waals surface area contributed by atoms with Crippen molar-refractivity contribution in [3.8, 4) is 0 Å². The minimum absolute atomic E-state index is 0.104. The smallest absolute Gasteiger partial charge is 0.240 e. The van der Waals surface area contributed by atoms with Crippen LogP contribution < -0.4 is 5.32 Å². The fourth-order valence-electron chi connectivity index (χ4n) is 2.18. The molecule has 1 aromatic carbocycles. The summed E-state index contributed by atoms with van der Waals surface area (Å²) in [5, 5.41) is 11.8. The topological polar surface area (TPSA) is 58.1 Å². The highest BCUT2D eigenvalue weighted by Crippen LogP contribution is 2.38. The van der Waals surface area contributed by atoms with Crippen molar-refractivity contribution in [2.75, 3.05) is 25.0 Å². The Morgan fingerprint density at radius 2 is 2.04 bits per heavy atom. The lowest BCUT2D eigenvalue weighted by Gasteiger charge is -2.24.